The zero-order valence-corrected chi connectivity index (χ0v) is 9.06. The van der Waals surface area contributed by atoms with Crippen LogP contribution in [0.2, 0.25) is 0 Å². The van der Waals surface area contributed by atoms with Crippen LogP contribution in [0.3, 0.4) is 0 Å². The Morgan fingerprint density at radius 1 is 1.13 bits per heavy atom. The van der Waals surface area contributed by atoms with E-state index in [-0.39, 0.29) is 0 Å². The second-order valence-electron chi connectivity index (χ2n) is 2.95. The molecule has 0 N–H and O–H groups in total. The summed E-state index contributed by atoms with van der Waals surface area (Å²) in [5.74, 6) is 1.02. The fourth-order valence-electron chi connectivity index (χ4n) is 1.30. The second kappa shape index (κ2) is 3.20. The molecule has 74 valence electrons. The fourth-order valence-corrected chi connectivity index (χ4v) is 1.61. The molecule has 0 aliphatic rings. The lowest BCUT2D eigenvalue weighted by Crippen LogP contribution is -1.73. The molecule has 0 spiro atoms. The summed E-state index contributed by atoms with van der Waals surface area (Å²) in [5.41, 5.74) is 1.24. The van der Waals surface area contributed by atoms with Crippen molar-refractivity contribution in [1.82, 2.24) is 9.97 Å². The number of hydrogen-bond acceptors (Lipinski definition) is 4. The SMILES string of the molecule is Brc1ccc(-c2nc3ncccc3o2)o1. The van der Waals surface area contributed by atoms with Crippen molar-refractivity contribution in [3.05, 3.63) is 35.1 Å². The molecule has 0 atom stereocenters. The van der Waals surface area contributed by atoms with Gasteiger partial charge in [-0.3, -0.25) is 0 Å². The van der Waals surface area contributed by atoms with Gasteiger partial charge in [0.05, 0.1) is 0 Å². The summed E-state index contributed by atoms with van der Waals surface area (Å²) in [7, 11) is 0. The van der Waals surface area contributed by atoms with Gasteiger partial charge in [0.25, 0.3) is 5.89 Å². The van der Waals surface area contributed by atoms with Gasteiger partial charge in [0.15, 0.2) is 21.7 Å². The molecule has 3 heterocycles. The maximum Gasteiger partial charge on any atom is 0.265 e. The monoisotopic (exact) mass is 264 g/mol. The number of halogens is 1. The van der Waals surface area contributed by atoms with Crippen molar-refractivity contribution in [2.45, 2.75) is 0 Å². The zero-order chi connectivity index (χ0) is 10.3. The van der Waals surface area contributed by atoms with Crippen LogP contribution in [-0.4, -0.2) is 9.97 Å². The van der Waals surface area contributed by atoms with Crippen LogP contribution in [-0.2, 0) is 0 Å². The molecular weight excluding hydrogens is 260 g/mol. The second-order valence-corrected chi connectivity index (χ2v) is 3.73. The smallest absolute Gasteiger partial charge is 0.265 e. The normalized spacial score (nSPS) is 11.0. The quantitative estimate of drug-likeness (QED) is 0.677. The van der Waals surface area contributed by atoms with E-state index in [9.17, 15) is 0 Å². The van der Waals surface area contributed by atoms with Crippen molar-refractivity contribution in [2.24, 2.45) is 0 Å². The predicted octanol–water partition coefficient (Wildman–Crippen LogP) is 3.25. The molecule has 0 unspecified atom stereocenters. The lowest BCUT2D eigenvalue weighted by atomic mass is 10.4. The summed E-state index contributed by atoms with van der Waals surface area (Å²) < 4.78 is 11.5. The Balaban J connectivity index is 2.19. The summed E-state index contributed by atoms with van der Waals surface area (Å²) in [6, 6.07) is 7.19. The van der Waals surface area contributed by atoms with Crippen molar-refractivity contribution >= 4 is 27.2 Å². The summed E-state index contributed by atoms with van der Waals surface area (Å²) >= 11 is 3.22. The molecule has 0 aliphatic carbocycles. The molecule has 3 aromatic heterocycles. The van der Waals surface area contributed by atoms with E-state index in [1.807, 2.05) is 6.07 Å². The maximum absolute atomic E-state index is 5.48. The molecule has 3 aromatic rings. The summed E-state index contributed by atoms with van der Waals surface area (Å²) in [6.07, 6.45) is 1.67. The number of furan rings is 1. The van der Waals surface area contributed by atoms with E-state index in [2.05, 4.69) is 25.9 Å². The first-order valence-corrected chi connectivity index (χ1v) is 5.09. The number of nitrogens with zero attached hydrogens (tertiary/aromatic N) is 2. The van der Waals surface area contributed by atoms with Gasteiger partial charge in [-0.1, -0.05) is 0 Å². The van der Waals surface area contributed by atoms with Crippen molar-refractivity contribution in [1.29, 1.82) is 0 Å². The highest BCUT2D eigenvalue weighted by Gasteiger charge is 2.11. The third-order valence-corrected chi connectivity index (χ3v) is 2.38. The van der Waals surface area contributed by atoms with E-state index in [0.717, 1.165) is 0 Å². The lowest BCUT2D eigenvalue weighted by Gasteiger charge is -1.85. The van der Waals surface area contributed by atoms with E-state index in [1.54, 1.807) is 24.4 Å². The molecule has 0 aliphatic heterocycles. The summed E-state index contributed by atoms with van der Waals surface area (Å²) in [4.78, 5) is 8.28. The Morgan fingerprint density at radius 3 is 2.80 bits per heavy atom. The van der Waals surface area contributed by atoms with Gasteiger partial charge < -0.3 is 8.83 Å². The molecular formula is C10H5BrN2O2. The van der Waals surface area contributed by atoms with Gasteiger partial charge in [-0.2, -0.15) is 4.98 Å². The number of pyridine rings is 1. The van der Waals surface area contributed by atoms with E-state index < -0.39 is 0 Å². The van der Waals surface area contributed by atoms with Crippen LogP contribution in [0.5, 0.6) is 0 Å². The van der Waals surface area contributed by atoms with Crippen LogP contribution in [0.25, 0.3) is 22.9 Å². The minimum absolute atomic E-state index is 0.439. The maximum atomic E-state index is 5.48. The molecule has 0 saturated heterocycles. The molecule has 3 rings (SSSR count). The third-order valence-electron chi connectivity index (χ3n) is 1.95. The largest absolute Gasteiger partial charge is 0.444 e. The summed E-state index contributed by atoms with van der Waals surface area (Å²) in [6.45, 7) is 0. The Bertz CT molecular complexity index is 581. The highest BCUT2D eigenvalue weighted by atomic mass is 79.9. The minimum atomic E-state index is 0.439. The molecule has 0 fully saturated rings. The number of oxazole rings is 1. The first-order valence-electron chi connectivity index (χ1n) is 4.30. The molecule has 0 aromatic carbocycles. The number of rotatable bonds is 1. The predicted molar refractivity (Wildman–Crippen MR) is 57.2 cm³/mol. The number of aromatic nitrogens is 2. The average molecular weight is 265 g/mol. The summed E-state index contributed by atoms with van der Waals surface area (Å²) in [5, 5.41) is 0. The highest BCUT2D eigenvalue weighted by molar-refractivity contribution is 9.10. The first kappa shape index (κ1) is 8.67. The molecule has 5 heteroatoms. The molecule has 0 saturated carbocycles. The van der Waals surface area contributed by atoms with Crippen LogP contribution in [0.1, 0.15) is 0 Å². The van der Waals surface area contributed by atoms with Crippen molar-refractivity contribution in [3.63, 3.8) is 0 Å². The molecule has 0 radical (unpaired) electrons. The van der Waals surface area contributed by atoms with E-state index in [1.165, 1.54) is 0 Å². The standard InChI is InChI=1S/C10H5BrN2O2/c11-8-4-3-7(14-8)10-13-9-6(15-10)2-1-5-12-9/h1-5H. The van der Waals surface area contributed by atoms with Crippen molar-refractivity contribution in [3.8, 4) is 11.7 Å². The van der Waals surface area contributed by atoms with Gasteiger partial charge in [-0.25, -0.2) is 4.98 Å². The van der Waals surface area contributed by atoms with Crippen LogP contribution >= 0.6 is 15.9 Å². The van der Waals surface area contributed by atoms with Crippen LogP contribution in [0, 0.1) is 0 Å². The Hall–Kier alpha value is -1.62. The van der Waals surface area contributed by atoms with Crippen LogP contribution < -0.4 is 0 Å². The minimum Gasteiger partial charge on any atom is -0.444 e. The lowest BCUT2D eigenvalue weighted by molar-refractivity contribution is 0.518. The Morgan fingerprint density at radius 2 is 2.07 bits per heavy atom. The topological polar surface area (TPSA) is 52.1 Å². The van der Waals surface area contributed by atoms with Gasteiger partial charge in [0.2, 0.25) is 0 Å². The zero-order valence-electron chi connectivity index (χ0n) is 7.48. The third kappa shape index (κ3) is 1.45. The Kier molecular flexibility index (Phi) is 1.85. The van der Waals surface area contributed by atoms with E-state index in [0.29, 0.717) is 27.6 Å². The molecule has 4 nitrogen and oxygen atoms in total. The average Bonchev–Trinajstić information content (AvgIpc) is 2.82. The van der Waals surface area contributed by atoms with E-state index >= 15 is 0 Å². The van der Waals surface area contributed by atoms with Crippen molar-refractivity contribution < 1.29 is 8.83 Å². The molecule has 0 bridgehead atoms. The van der Waals surface area contributed by atoms with Crippen molar-refractivity contribution in [2.75, 3.05) is 0 Å². The molecule has 0 amide bonds. The van der Waals surface area contributed by atoms with Gasteiger partial charge >= 0.3 is 0 Å². The highest BCUT2D eigenvalue weighted by Crippen LogP contribution is 2.26. The van der Waals surface area contributed by atoms with Gasteiger partial charge in [-0.15, -0.1) is 0 Å². The van der Waals surface area contributed by atoms with Crippen LogP contribution in [0.4, 0.5) is 0 Å². The van der Waals surface area contributed by atoms with Gasteiger partial charge in [-0.05, 0) is 40.2 Å². The van der Waals surface area contributed by atoms with E-state index in [4.69, 9.17) is 8.83 Å². The Labute approximate surface area is 93.1 Å². The van der Waals surface area contributed by atoms with Gasteiger partial charge in [0.1, 0.15) is 0 Å². The van der Waals surface area contributed by atoms with Gasteiger partial charge in [0, 0.05) is 6.20 Å². The molecule has 15 heavy (non-hydrogen) atoms. The fraction of sp³-hybridized carbons (Fsp3) is 0. The van der Waals surface area contributed by atoms with Crippen LogP contribution in [0.15, 0.2) is 44.0 Å². The first-order chi connectivity index (χ1) is 7.33. The number of hydrogen-bond donors (Lipinski definition) is 0. The number of fused-ring (bicyclic) bond motifs is 1.